The average Bonchev–Trinajstić information content (AvgIpc) is 2.52. The fourth-order valence-corrected chi connectivity index (χ4v) is 2.18. The van der Waals surface area contributed by atoms with Crippen molar-refractivity contribution in [1.29, 1.82) is 0 Å². The van der Waals surface area contributed by atoms with E-state index in [1.165, 1.54) is 0 Å². The van der Waals surface area contributed by atoms with Crippen LogP contribution in [0.25, 0.3) is 0 Å². The van der Waals surface area contributed by atoms with Gasteiger partial charge in [0, 0.05) is 7.05 Å². The Kier molecular flexibility index (Phi) is 1.77. The summed E-state index contributed by atoms with van der Waals surface area (Å²) in [5.41, 5.74) is 0.0780. The van der Waals surface area contributed by atoms with Gasteiger partial charge in [0.1, 0.15) is 11.3 Å². The molecule has 0 radical (unpaired) electrons. The molecular weight excluding hydrogens is 178 g/mol. The molecule has 4 heteroatoms. The van der Waals surface area contributed by atoms with Gasteiger partial charge in [-0.3, -0.25) is 4.68 Å². The molecule has 14 heavy (non-hydrogen) atoms. The number of aryl methyl sites for hydroxylation is 1. The van der Waals surface area contributed by atoms with E-state index in [4.69, 9.17) is 0 Å². The summed E-state index contributed by atoms with van der Waals surface area (Å²) in [6.07, 6.45) is 2.84. The lowest BCUT2D eigenvalue weighted by molar-refractivity contribution is 0.0165. The number of hydrogen-bond donors (Lipinski definition) is 1. The van der Waals surface area contributed by atoms with Crippen molar-refractivity contribution < 1.29 is 5.11 Å². The second-order valence-corrected chi connectivity index (χ2v) is 5.17. The Balaban J connectivity index is 2.25. The fraction of sp³-hybridized carbons (Fsp3) is 0.800. The Morgan fingerprint density at radius 1 is 1.64 bits per heavy atom. The molecule has 1 aromatic heterocycles. The molecule has 1 aliphatic rings. The van der Waals surface area contributed by atoms with Crippen molar-refractivity contribution >= 4 is 0 Å². The molecule has 0 saturated heterocycles. The Labute approximate surface area is 83.9 Å². The van der Waals surface area contributed by atoms with Gasteiger partial charge in [0.15, 0.2) is 0 Å². The van der Waals surface area contributed by atoms with Gasteiger partial charge in [0.2, 0.25) is 0 Å². The molecule has 0 aliphatic heterocycles. The molecule has 2 unspecified atom stereocenters. The zero-order valence-corrected chi connectivity index (χ0v) is 9.15. The largest absolute Gasteiger partial charge is 0.383 e. The highest BCUT2D eigenvalue weighted by molar-refractivity contribution is 5.15. The number of aliphatic hydroxyl groups is 1. The summed E-state index contributed by atoms with van der Waals surface area (Å²) in [7, 11) is 1.81. The highest BCUT2D eigenvalue weighted by Crippen LogP contribution is 2.59. The summed E-state index contributed by atoms with van der Waals surface area (Å²) in [4.78, 5) is 0. The van der Waals surface area contributed by atoms with Crippen LogP contribution in [-0.4, -0.2) is 20.1 Å². The first-order chi connectivity index (χ1) is 6.34. The monoisotopic (exact) mass is 195 g/mol. The van der Waals surface area contributed by atoms with Crippen LogP contribution in [0, 0.1) is 11.3 Å². The van der Waals surface area contributed by atoms with Crippen molar-refractivity contribution in [2.75, 3.05) is 0 Å². The van der Waals surface area contributed by atoms with Gasteiger partial charge in [0.05, 0.1) is 6.20 Å². The van der Waals surface area contributed by atoms with Gasteiger partial charge in [-0.2, -0.15) is 0 Å². The van der Waals surface area contributed by atoms with Crippen LogP contribution >= 0.6 is 0 Å². The van der Waals surface area contributed by atoms with Crippen molar-refractivity contribution in [3.05, 3.63) is 11.9 Å². The first kappa shape index (κ1) is 9.65. The summed E-state index contributed by atoms with van der Waals surface area (Å²) < 4.78 is 1.62. The molecule has 4 nitrogen and oxygen atoms in total. The minimum absolute atomic E-state index is 0.237. The van der Waals surface area contributed by atoms with Gasteiger partial charge in [-0.15, -0.1) is 5.10 Å². The number of rotatable bonds is 2. The molecule has 1 aromatic rings. The average molecular weight is 195 g/mol. The smallest absolute Gasteiger partial charge is 0.114 e. The standard InChI is InChI=1S/C10H17N3O/c1-9(2)5-7(9)10(3,14)8-6-13(4)12-11-8/h6-7,14H,5H2,1-4H3. The third-order valence-electron chi connectivity index (χ3n) is 3.31. The van der Waals surface area contributed by atoms with Crippen LogP contribution in [0.15, 0.2) is 6.20 Å². The van der Waals surface area contributed by atoms with Gasteiger partial charge >= 0.3 is 0 Å². The third kappa shape index (κ3) is 1.34. The summed E-state index contributed by atoms with van der Waals surface area (Å²) in [5, 5.41) is 18.2. The van der Waals surface area contributed by atoms with Crippen LogP contribution in [0.2, 0.25) is 0 Å². The lowest BCUT2D eigenvalue weighted by Crippen LogP contribution is -2.26. The molecule has 1 heterocycles. The second kappa shape index (κ2) is 2.57. The summed E-state index contributed by atoms with van der Waals surface area (Å²) in [6.45, 7) is 6.17. The number of aromatic nitrogens is 3. The molecule has 1 saturated carbocycles. The summed E-state index contributed by atoms with van der Waals surface area (Å²) in [5.74, 6) is 0.298. The van der Waals surface area contributed by atoms with Crippen LogP contribution in [-0.2, 0) is 12.6 Å². The van der Waals surface area contributed by atoms with E-state index in [1.807, 2.05) is 14.0 Å². The van der Waals surface area contributed by atoms with Gasteiger partial charge in [-0.05, 0) is 24.7 Å². The van der Waals surface area contributed by atoms with Gasteiger partial charge in [-0.1, -0.05) is 19.1 Å². The molecule has 2 atom stereocenters. The van der Waals surface area contributed by atoms with Crippen molar-refractivity contribution in [2.45, 2.75) is 32.8 Å². The maximum atomic E-state index is 10.4. The van der Waals surface area contributed by atoms with Crippen LogP contribution in [0.1, 0.15) is 32.9 Å². The van der Waals surface area contributed by atoms with Crippen LogP contribution in [0.4, 0.5) is 0 Å². The first-order valence-corrected chi connectivity index (χ1v) is 4.93. The quantitative estimate of drug-likeness (QED) is 0.768. The second-order valence-electron chi connectivity index (χ2n) is 5.17. The van der Waals surface area contributed by atoms with Crippen LogP contribution < -0.4 is 0 Å². The SMILES string of the molecule is Cn1cc(C(C)(O)C2CC2(C)C)nn1. The molecule has 1 aliphatic carbocycles. The Bertz CT molecular complexity index is 354. The molecule has 78 valence electrons. The minimum Gasteiger partial charge on any atom is -0.383 e. The van der Waals surface area contributed by atoms with E-state index < -0.39 is 5.60 Å². The maximum absolute atomic E-state index is 10.4. The Hall–Kier alpha value is -0.900. The molecule has 1 fully saturated rings. The third-order valence-corrected chi connectivity index (χ3v) is 3.31. The van der Waals surface area contributed by atoms with E-state index in [2.05, 4.69) is 24.2 Å². The lowest BCUT2D eigenvalue weighted by Gasteiger charge is -2.22. The highest BCUT2D eigenvalue weighted by Gasteiger charge is 2.57. The van der Waals surface area contributed by atoms with E-state index in [9.17, 15) is 5.11 Å². The molecule has 1 N–H and O–H groups in total. The molecule has 0 spiro atoms. The van der Waals surface area contributed by atoms with Crippen molar-refractivity contribution in [3.63, 3.8) is 0 Å². The predicted octanol–water partition coefficient (Wildman–Crippen LogP) is 1.07. The highest BCUT2D eigenvalue weighted by atomic mass is 16.3. The molecule has 0 aromatic carbocycles. The predicted molar refractivity (Wildman–Crippen MR) is 52.5 cm³/mol. The molecule has 0 amide bonds. The Morgan fingerprint density at radius 3 is 2.57 bits per heavy atom. The minimum atomic E-state index is -0.836. The normalized spacial score (nSPS) is 28.5. The van der Waals surface area contributed by atoms with E-state index in [1.54, 1.807) is 10.9 Å². The van der Waals surface area contributed by atoms with E-state index in [0.717, 1.165) is 6.42 Å². The molecule has 2 rings (SSSR count). The first-order valence-electron chi connectivity index (χ1n) is 4.93. The van der Waals surface area contributed by atoms with Crippen LogP contribution in [0.5, 0.6) is 0 Å². The number of hydrogen-bond acceptors (Lipinski definition) is 3. The maximum Gasteiger partial charge on any atom is 0.114 e. The summed E-state index contributed by atoms with van der Waals surface area (Å²) >= 11 is 0. The van der Waals surface area contributed by atoms with Crippen LogP contribution in [0.3, 0.4) is 0 Å². The zero-order valence-electron chi connectivity index (χ0n) is 9.15. The Morgan fingerprint density at radius 2 is 2.21 bits per heavy atom. The molecular formula is C10H17N3O. The van der Waals surface area contributed by atoms with Crippen molar-refractivity contribution in [1.82, 2.24) is 15.0 Å². The van der Waals surface area contributed by atoms with Crippen molar-refractivity contribution in [3.8, 4) is 0 Å². The topological polar surface area (TPSA) is 50.9 Å². The fourth-order valence-electron chi connectivity index (χ4n) is 2.18. The lowest BCUT2D eigenvalue weighted by atomic mass is 9.91. The van der Waals surface area contributed by atoms with Gasteiger partial charge in [-0.25, -0.2) is 0 Å². The van der Waals surface area contributed by atoms with E-state index in [0.29, 0.717) is 11.6 Å². The zero-order chi connectivity index (χ0) is 10.6. The van der Waals surface area contributed by atoms with Gasteiger partial charge in [0.25, 0.3) is 0 Å². The molecule has 0 bridgehead atoms. The van der Waals surface area contributed by atoms with Gasteiger partial charge < -0.3 is 5.11 Å². The van der Waals surface area contributed by atoms with E-state index in [-0.39, 0.29) is 5.41 Å². The summed E-state index contributed by atoms with van der Waals surface area (Å²) in [6, 6.07) is 0. The van der Waals surface area contributed by atoms with E-state index >= 15 is 0 Å². The van der Waals surface area contributed by atoms with Crippen molar-refractivity contribution in [2.24, 2.45) is 18.4 Å². The number of nitrogens with zero attached hydrogens (tertiary/aromatic N) is 3.